The standard InChI is InChI=1S/C40H36FN5O3S/c1-40(2,3)29-15-12-26(13-16-29)32-20-14-28(23-42-32)36(47)43-31-19-21-33-34(22-31)50-38(44-33)37(48)45-35(27-8-6-5-7-9-27)39(49)46(4)24-25-10-17-30(41)18-11-25/h5-23,35H,24H2,1-4H3,(H,43,47)(H,45,48)/t35-/m0/s1. The molecule has 0 radical (unpaired) electrons. The van der Waals surface area contributed by atoms with Crippen LogP contribution in [-0.2, 0) is 16.8 Å². The fourth-order valence-electron chi connectivity index (χ4n) is 5.43. The van der Waals surface area contributed by atoms with Crippen LogP contribution in [0.2, 0.25) is 0 Å². The minimum atomic E-state index is -0.973. The van der Waals surface area contributed by atoms with Crippen LogP contribution in [0, 0.1) is 5.82 Å². The number of anilines is 1. The van der Waals surface area contributed by atoms with Crippen molar-refractivity contribution in [1.82, 2.24) is 20.2 Å². The van der Waals surface area contributed by atoms with Gasteiger partial charge in [-0.05, 0) is 64.6 Å². The van der Waals surface area contributed by atoms with E-state index in [2.05, 4.69) is 53.5 Å². The lowest BCUT2D eigenvalue weighted by atomic mass is 9.86. The van der Waals surface area contributed by atoms with Gasteiger partial charge in [-0.25, -0.2) is 9.37 Å². The average molecular weight is 686 g/mol. The number of hydrogen-bond acceptors (Lipinski definition) is 6. The fraction of sp³-hybridized carbons (Fsp3) is 0.175. The van der Waals surface area contributed by atoms with Gasteiger partial charge in [0.25, 0.3) is 11.8 Å². The second-order valence-corrected chi connectivity index (χ2v) is 14.1. The smallest absolute Gasteiger partial charge is 0.281 e. The predicted molar refractivity (Wildman–Crippen MR) is 195 cm³/mol. The number of fused-ring (bicyclic) bond motifs is 1. The summed E-state index contributed by atoms with van der Waals surface area (Å²) in [4.78, 5) is 50.7. The Morgan fingerprint density at radius 3 is 2.24 bits per heavy atom. The normalized spacial score (nSPS) is 11.9. The molecule has 6 rings (SSSR count). The number of likely N-dealkylation sites (N-methyl/N-ethyl adjacent to an activating group) is 1. The van der Waals surface area contributed by atoms with E-state index >= 15 is 0 Å². The third-order valence-corrected chi connectivity index (χ3v) is 9.29. The first kappa shape index (κ1) is 34.1. The Morgan fingerprint density at radius 2 is 1.58 bits per heavy atom. The van der Waals surface area contributed by atoms with Gasteiger partial charge in [0, 0.05) is 31.0 Å². The lowest BCUT2D eigenvalue weighted by Gasteiger charge is -2.25. The monoisotopic (exact) mass is 685 g/mol. The zero-order valence-electron chi connectivity index (χ0n) is 28.1. The average Bonchev–Trinajstić information content (AvgIpc) is 3.55. The summed E-state index contributed by atoms with van der Waals surface area (Å²) in [6.45, 7) is 6.74. The van der Waals surface area contributed by atoms with Gasteiger partial charge in [-0.2, -0.15) is 0 Å². The summed E-state index contributed by atoms with van der Waals surface area (Å²) < 4.78 is 14.1. The summed E-state index contributed by atoms with van der Waals surface area (Å²) in [6.07, 6.45) is 1.55. The van der Waals surface area contributed by atoms with E-state index in [-0.39, 0.29) is 34.6 Å². The molecular formula is C40H36FN5O3S. The van der Waals surface area contributed by atoms with Crippen LogP contribution in [0.3, 0.4) is 0 Å². The van der Waals surface area contributed by atoms with E-state index in [1.807, 2.05) is 24.3 Å². The maximum absolute atomic E-state index is 13.6. The zero-order chi connectivity index (χ0) is 35.4. The molecule has 0 bridgehead atoms. The molecule has 252 valence electrons. The second-order valence-electron chi connectivity index (χ2n) is 13.1. The summed E-state index contributed by atoms with van der Waals surface area (Å²) in [6, 6.07) is 31.0. The summed E-state index contributed by atoms with van der Waals surface area (Å²) in [5, 5.41) is 5.94. The number of halogens is 1. The van der Waals surface area contributed by atoms with Crippen molar-refractivity contribution in [2.45, 2.75) is 38.8 Å². The molecule has 1 atom stereocenters. The van der Waals surface area contributed by atoms with Crippen LogP contribution < -0.4 is 10.6 Å². The van der Waals surface area contributed by atoms with Gasteiger partial charge < -0.3 is 15.5 Å². The molecule has 0 saturated carbocycles. The van der Waals surface area contributed by atoms with Gasteiger partial charge in [-0.3, -0.25) is 19.4 Å². The molecule has 0 spiro atoms. The lowest BCUT2D eigenvalue weighted by molar-refractivity contribution is -0.132. The number of pyridine rings is 1. The lowest BCUT2D eigenvalue weighted by Crippen LogP contribution is -2.41. The number of nitrogens with one attached hydrogen (secondary N) is 2. The fourth-order valence-corrected chi connectivity index (χ4v) is 6.34. The van der Waals surface area contributed by atoms with Crippen LogP contribution >= 0.6 is 11.3 Å². The number of nitrogens with zero attached hydrogens (tertiary/aromatic N) is 3. The molecule has 0 fully saturated rings. The first-order valence-corrected chi connectivity index (χ1v) is 16.9. The number of aromatic nitrogens is 2. The number of thiazole rings is 1. The number of benzene rings is 4. The van der Waals surface area contributed by atoms with Gasteiger partial charge >= 0.3 is 0 Å². The first-order valence-electron chi connectivity index (χ1n) is 16.1. The van der Waals surface area contributed by atoms with Crippen molar-refractivity contribution in [3.8, 4) is 11.3 Å². The molecule has 2 aromatic heterocycles. The van der Waals surface area contributed by atoms with Crippen molar-refractivity contribution < 1.29 is 18.8 Å². The predicted octanol–water partition coefficient (Wildman–Crippen LogP) is 8.18. The topological polar surface area (TPSA) is 104 Å². The van der Waals surface area contributed by atoms with Gasteiger partial charge in [0.15, 0.2) is 5.01 Å². The summed E-state index contributed by atoms with van der Waals surface area (Å²) in [5.74, 6) is -1.51. The molecule has 0 aliphatic carbocycles. The van der Waals surface area contributed by atoms with E-state index in [0.717, 1.165) is 28.2 Å². The van der Waals surface area contributed by atoms with Crippen molar-refractivity contribution >= 4 is 45.0 Å². The quantitative estimate of drug-likeness (QED) is 0.160. The maximum Gasteiger partial charge on any atom is 0.281 e. The molecule has 10 heteroatoms. The van der Waals surface area contributed by atoms with Gasteiger partial charge in [0.05, 0.1) is 21.5 Å². The van der Waals surface area contributed by atoms with E-state index in [1.54, 1.807) is 73.9 Å². The van der Waals surface area contributed by atoms with Crippen molar-refractivity contribution in [1.29, 1.82) is 0 Å². The van der Waals surface area contributed by atoms with Crippen LogP contribution in [0.4, 0.5) is 10.1 Å². The SMILES string of the molecule is CN(Cc1ccc(F)cc1)C(=O)[C@@H](NC(=O)c1nc2ccc(NC(=O)c3ccc(-c4ccc(C(C)(C)C)cc4)nc3)cc2s1)c1ccccc1. The Balaban J connectivity index is 1.14. The molecule has 2 heterocycles. The van der Waals surface area contributed by atoms with E-state index < -0.39 is 11.9 Å². The number of rotatable bonds is 9. The summed E-state index contributed by atoms with van der Waals surface area (Å²) >= 11 is 1.16. The van der Waals surface area contributed by atoms with Crippen LogP contribution in [0.5, 0.6) is 0 Å². The Hall–Kier alpha value is -5.74. The van der Waals surface area contributed by atoms with E-state index in [4.69, 9.17) is 0 Å². The van der Waals surface area contributed by atoms with Gasteiger partial charge in [-0.15, -0.1) is 11.3 Å². The van der Waals surface area contributed by atoms with Crippen molar-refractivity contribution in [2.24, 2.45) is 0 Å². The van der Waals surface area contributed by atoms with Crippen LogP contribution in [0.15, 0.2) is 115 Å². The highest BCUT2D eigenvalue weighted by molar-refractivity contribution is 7.20. The Labute approximate surface area is 294 Å². The third-order valence-electron chi connectivity index (χ3n) is 8.28. The molecule has 0 unspecified atom stereocenters. The van der Waals surface area contributed by atoms with Crippen LogP contribution in [0.25, 0.3) is 21.5 Å². The van der Waals surface area contributed by atoms with Gasteiger partial charge in [0.2, 0.25) is 5.91 Å². The highest BCUT2D eigenvalue weighted by Crippen LogP contribution is 2.28. The first-order chi connectivity index (χ1) is 23.9. The molecule has 0 saturated heterocycles. The molecule has 2 N–H and O–H groups in total. The number of carbonyl (C=O) groups is 3. The second kappa shape index (κ2) is 14.4. The van der Waals surface area contributed by atoms with Crippen molar-refractivity contribution in [2.75, 3.05) is 12.4 Å². The highest BCUT2D eigenvalue weighted by atomic mass is 32.1. The molecule has 4 aromatic carbocycles. The Kier molecular flexibility index (Phi) is 9.83. The molecule has 3 amide bonds. The number of amides is 3. The summed E-state index contributed by atoms with van der Waals surface area (Å²) in [5.41, 5.74) is 5.93. The van der Waals surface area contributed by atoms with Crippen LogP contribution in [0.1, 0.15) is 63.7 Å². The number of hydrogen-bond donors (Lipinski definition) is 2. The molecule has 50 heavy (non-hydrogen) atoms. The van der Waals surface area contributed by atoms with Gasteiger partial charge in [-0.1, -0.05) is 87.5 Å². The highest BCUT2D eigenvalue weighted by Gasteiger charge is 2.27. The molecule has 0 aliphatic rings. The van der Waals surface area contributed by atoms with Crippen LogP contribution in [-0.4, -0.2) is 39.6 Å². The summed E-state index contributed by atoms with van der Waals surface area (Å²) in [7, 11) is 1.64. The molecule has 6 aromatic rings. The minimum absolute atomic E-state index is 0.0567. The Bertz CT molecular complexity index is 2140. The number of carbonyl (C=O) groups excluding carboxylic acids is 3. The van der Waals surface area contributed by atoms with Crippen molar-refractivity contribution in [3.05, 3.63) is 148 Å². The minimum Gasteiger partial charge on any atom is -0.339 e. The molecule has 8 nitrogen and oxygen atoms in total. The maximum atomic E-state index is 13.6. The van der Waals surface area contributed by atoms with Gasteiger partial charge in [0.1, 0.15) is 11.9 Å². The zero-order valence-corrected chi connectivity index (χ0v) is 28.9. The van der Waals surface area contributed by atoms with E-state index in [9.17, 15) is 18.8 Å². The largest absolute Gasteiger partial charge is 0.339 e. The van der Waals surface area contributed by atoms with E-state index in [0.29, 0.717) is 27.0 Å². The van der Waals surface area contributed by atoms with Crippen molar-refractivity contribution in [3.63, 3.8) is 0 Å². The third kappa shape index (κ3) is 7.93. The van der Waals surface area contributed by atoms with E-state index in [1.165, 1.54) is 22.6 Å². The molecular weight excluding hydrogens is 650 g/mol. The Morgan fingerprint density at radius 1 is 0.860 bits per heavy atom. The molecule has 0 aliphatic heterocycles.